The molecule has 0 atom stereocenters. The molecule has 3 heterocycles. The standard InChI is InChI=1S/C17H21N3OS/c1-13(2)19-6-8-20(9-7-19)17(21)14-3-4-16(18-11-14)15-5-10-22-12-15/h3-5,10-13H,6-9H2,1-2H3. The third-order valence-electron chi connectivity index (χ3n) is 4.16. The second-order valence-corrected chi connectivity index (χ2v) is 6.65. The lowest BCUT2D eigenvalue weighted by Gasteiger charge is -2.36. The highest BCUT2D eigenvalue weighted by molar-refractivity contribution is 7.08. The van der Waals surface area contributed by atoms with Crippen molar-refractivity contribution in [3.8, 4) is 11.3 Å². The maximum absolute atomic E-state index is 12.5. The minimum Gasteiger partial charge on any atom is -0.336 e. The summed E-state index contributed by atoms with van der Waals surface area (Å²) < 4.78 is 0. The van der Waals surface area contributed by atoms with E-state index < -0.39 is 0 Å². The fourth-order valence-electron chi connectivity index (χ4n) is 2.73. The van der Waals surface area contributed by atoms with Gasteiger partial charge in [-0.1, -0.05) is 0 Å². The van der Waals surface area contributed by atoms with Gasteiger partial charge in [-0.05, 0) is 37.4 Å². The molecule has 1 fully saturated rings. The number of amides is 1. The second-order valence-electron chi connectivity index (χ2n) is 5.87. The average Bonchev–Trinajstić information content (AvgIpc) is 3.09. The quantitative estimate of drug-likeness (QED) is 0.874. The van der Waals surface area contributed by atoms with Crippen molar-refractivity contribution in [2.45, 2.75) is 19.9 Å². The fraction of sp³-hybridized carbons (Fsp3) is 0.412. The lowest BCUT2D eigenvalue weighted by Crippen LogP contribution is -2.50. The molecule has 0 bridgehead atoms. The predicted molar refractivity (Wildman–Crippen MR) is 90.2 cm³/mol. The van der Waals surface area contributed by atoms with Crippen LogP contribution in [0.4, 0.5) is 0 Å². The van der Waals surface area contributed by atoms with Crippen LogP contribution in [0.15, 0.2) is 35.2 Å². The number of piperazine rings is 1. The highest BCUT2D eigenvalue weighted by Crippen LogP contribution is 2.20. The Labute approximate surface area is 135 Å². The minimum atomic E-state index is 0.0905. The Bertz CT molecular complexity index is 614. The van der Waals surface area contributed by atoms with Gasteiger partial charge in [0.05, 0.1) is 11.3 Å². The molecule has 4 nitrogen and oxygen atoms in total. The largest absolute Gasteiger partial charge is 0.336 e. The van der Waals surface area contributed by atoms with Crippen molar-refractivity contribution in [1.82, 2.24) is 14.8 Å². The van der Waals surface area contributed by atoms with Crippen LogP contribution in [-0.4, -0.2) is 52.9 Å². The van der Waals surface area contributed by atoms with Crippen LogP contribution in [0.2, 0.25) is 0 Å². The van der Waals surface area contributed by atoms with E-state index in [0.717, 1.165) is 37.4 Å². The molecule has 0 radical (unpaired) electrons. The average molecular weight is 315 g/mol. The Morgan fingerprint density at radius 2 is 1.95 bits per heavy atom. The molecule has 5 heteroatoms. The van der Waals surface area contributed by atoms with Gasteiger partial charge in [0.1, 0.15) is 0 Å². The first-order valence-corrected chi connectivity index (χ1v) is 8.61. The second kappa shape index (κ2) is 6.58. The molecule has 3 rings (SSSR count). The molecule has 2 aromatic heterocycles. The number of carbonyl (C=O) groups is 1. The van der Waals surface area contributed by atoms with Crippen LogP contribution in [0.1, 0.15) is 24.2 Å². The Hall–Kier alpha value is -1.72. The topological polar surface area (TPSA) is 36.4 Å². The van der Waals surface area contributed by atoms with Gasteiger partial charge in [-0.3, -0.25) is 14.7 Å². The molecule has 0 spiro atoms. The van der Waals surface area contributed by atoms with Crippen LogP contribution < -0.4 is 0 Å². The van der Waals surface area contributed by atoms with E-state index in [1.807, 2.05) is 28.5 Å². The first kappa shape index (κ1) is 15.2. The summed E-state index contributed by atoms with van der Waals surface area (Å²) in [6.07, 6.45) is 1.70. The summed E-state index contributed by atoms with van der Waals surface area (Å²) in [7, 11) is 0. The number of hydrogen-bond acceptors (Lipinski definition) is 4. The summed E-state index contributed by atoms with van der Waals surface area (Å²) in [4.78, 5) is 21.3. The third-order valence-corrected chi connectivity index (χ3v) is 4.84. The van der Waals surface area contributed by atoms with Gasteiger partial charge in [0.15, 0.2) is 0 Å². The summed E-state index contributed by atoms with van der Waals surface area (Å²) in [6.45, 7) is 7.88. The summed E-state index contributed by atoms with van der Waals surface area (Å²) in [5.41, 5.74) is 2.70. The van der Waals surface area contributed by atoms with E-state index in [9.17, 15) is 4.79 Å². The number of rotatable bonds is 3. The van der Waals surface area contributed by atoms with Crippen LogP contribution in [0.3, 0.4) is 0 Å². The first-order valence-electron chi connectivity index (χ1n) is 7.67. The zero-order valence-electron chi connectivity index (χ0n) is 13.0. The lowest BCUT2D eigenvalue weighted by molar-refractivity contribution is 0.0595. The molecule has 22 heavy (non-hydrogen) atoms. The minimum absolute atomic E-state index is 0.0905. The van der Waals surface area contributed by atoms with E-state index in [2.05, 4.69) is 29.1 Å². The molecule has 116 valence electrons. The number of pyridine rings is 1. The molecule has 0 saturated carbocycles. The van der Waals surface area contributed by atoms with Gasteiger partial charge in [-0.2, -0.15) is 11.3 Å². The van der Waals surface area contributed by atoms with Crippen molar-refractivity contribution < 1.29 is 4.79 Å². The van der Waals surface area contributed by atoms with Gasteiger partial charge in [-0.15, -0.1) is 0 Å². The van der Waals surface area contributed by atoms with Gasteiger partial charge in [0, 0.05) is 49.4 Å². The van der Waals surface area contributed by atoms with Gasteiger partial charge >= 0.3 is 0 Å². The number of nitrogens with zero attached hydrogens (tertiary/aromatic N) is 3. The van der Waals surface area contributed by atoms with Crippen molar-refractivity contribution >= 4 is 17.2 Å². The third kappa shape index (κ3) is 3.20. The molecular weight excluding hydrogens is 294 g/mol. The highest BCUT2D eigenvalue weighted by Gasteiger charge is 2.23. The Morgan fingerprint density at radius 1 is 1.18 bits per heavy atom. The van der Waals surface area contributed by atoms with Gasteiger partial charge in [0.25, 0.3) is 5.91 Å². The molecule has 0 aliphatic carbocycles. The number of hydrogen-bond donors (Lipinski definition) is 0. The normalized spacial score (nSPS) is 16.2. The lowest BCUT2D eigenvalue weighted by atomic mass is 10.1. The fourth-order valence-corrected chi connectivity index (χ4v) is 3.37. The SMILES string of the molecule is CC(C)N1CCN(C(=O)c2ccc(-c3ccsc3)nc2)CC1. The van der Waals surface area contributed by atoms with Crippen molar-refractivity contribution in [2.24, 2.45) is 0 Å². The summed E-state index contributed by atoms with van der Waals surface area (Å²) in [5.74, 6) is 0.0905. The maximum atomic E-state index is 12.5. The van der Waals surface area contributed by atoms with Crippen LogP contribution >= 0.6 is 11.3 Å². The molecule has 1 aliphatic rings. The first-order chi connectivity index (χ1) is 10.6. The zero-order valence-corrected chi connectivity index (χ0v) is 13.8. The number of thiophene rings is 1. The summed E-state index contributed by atoms with van der Waals surface area (Å²) in [6, 6.07) is 6.40. The molecule has 1 aliphatic heterocycles. The van der Waals surface area contributed by atoms with Crippen molar-refractivity contribution in [3.05, 3.63) is 40.7 Å². The number of aromatic nitrogens is 1. The van der Waals surface area contributed by atoms with E-state index in [1.165, 1.54) is 0 Å². The smallest absolute Gasteiger partial charge is 0.255 e. The summed E-state index contributed by atoms with van der Waals surface area (Å²) in [5, 5.41) is 4.10. The van der Waals surface area contributed by atoms with E-state index in [1.54, 1.807) is 17.5 Å². The van der Waals surface area contributed by atoms with E-state index >= 15 is 0 Å². The van der Waals surface area contributed by atoms with Gasteiger partial charge < -0.3 is 4.90 Å². The van der Waals surface area contributed by atoms with E-state index in [-0.39, 0.29) is 5.91 Å². The monoisotopic (exact) mass is 315 g/mol. The van der Waals surface area contributed by atoms with Crippen LogP contribution in [-0.2, 0) is 0 Å². The van der Waals surface area contributed by atoms with Crippen LogP contribution in [0.25, 0.3) is 11.3 Å². The van der Waals surface area contributed by atoms with E-state index in [4.69, 9.17) is 0 Å². The zero-order chi connectivity index (χ0) is 15.5. The molecule has 0 aromatic carbocycles. The predicted octanol–water partition coefficient (Wildman–Crippen LogP) is 2.98. The molecule has 2 aromatic rings. The molecule has 1 saturated heterocycles. The van der Waals surface area contributed by atoms with Crippen molar-refractivity contribution in [3.63, 3.8) is 0 Å². The molecule has 0 N–H and O–H groups in total. The van der Waals surface area contributed by atoms with Crippen molar-refractivity contribution in [1.29, 1.82) is 0 Å². The maximum Gasteiger partial charge on any atom is 0.255 e. The molecule has 1 amide bonds. The van der Waals surface area contributed by atoms with Gasteiger partial charge in [0.2, 0.25) is 0 Å². The van der Waals surface area contributed by atoms with Crippen LogP contribution in [0.5, 0.6) is 0 Å². The Kier molecular flexibility index (Phi) is 4.55. The van der Waals surface area contributed by atoms with Crippen LogP contribution in [0, 0.1) is 0 Å². The van der Waals surface area contributed by atoms with E-state index in [0.29, 0.717) is 11.6 Å². The summed E-state index contributed by atoms with van der Waals surface area (Å²) >= 11 is 1.65. The van der Waals surface area contributed by atoms with Gasteiger partial charge in [-0.25, -0.2) is 0 Å². The Balaban J connectivity index is 1.66. The molecular formula is C17H21N3OS. The van der Waals surface area contributed by atoms with Crippen molar-refractivity contribution in [2.75, 3.05) is 26.2 Å². The molecule has 0 unspecified atom stereocenters. The highest BCUT2D eigenvalue weighted by atomic mass is 32.1. The number of carbonyl (C=O) groups excluding carboxylic acids is 1. The Morgan fingerprint density at radius 3 is 2.50 bits per heavy atom.